The van der Waals surface area contributed by atoms with Crippen molar-refractivity contribution in [3.8, 4) is 0 Å². The lowest BCUT2D eigenvalue weighted by Gasteiger charge is -2.34. The van der Waals surface area contributed by atoms with Crippen molar-refractivity contribution in [3.05, 3.63) is 113 Å². The molecular weight excluding hydrogens is 327 g/mol. The molecule has 0 bridgehead atoms. The van der Waals surface area contributed by atoms with Gasteiger partial charge in [-0.1, -0.05) is 103 Å². The maximum atomic E-state index is 6.34. The summed E-state index contributed by atoms with van der Waals surface area (Å²) in [4.78, 5) is 0. The van der Waals surface area contributed by atoms with Crippen molar-refractivity contribution in [2.75, 3.05) is 0 Å². The predicted molar refractivity (Wildman–Crippen MR) is 108 cm³/mol. The summed E-state index contributed by atoms with van der Waals surface area (Å²) in [5, 5.41) is 0. The number of benzene rings is 3. The second kappa shape index (κ2) is 6.51. The molecule has 2 unspecified atom stereocenters. The average molecular weight is 346 g/mol. The Morgan fingerprint density at radius 2 is 1.38 bits per heavy atom. The van der Waals surface area contributed by atoms with Crippen LogP contribution in [0.1, 0.15) is 27.9 Å². The Hall–Kier alpha value is -1.95. The van der Waals surface area contributed by atoms with E-state index in [0.29, 0.717) is 5.66 Å². The summed E-state index contributed by atoms with van der Waals surface area (Å²) in [6.45, 7) is 0. The molecule has 3 aromatic carbocycles. The van der Waals surface area contributed by atoms with E-state index in [4.69, 9.17) is 11.8 Å². The van der Waals surface area contributed by atoms with E-state index in [1.807, 2.05) is 0 Å². The van der Waals surface area contributed by atoms with Gasteiger partial charge in [0.25, 0.3) is 0 Å². The summed E-state index contributed by atoms with van der Waals surface area (Å²) in [7, 11) is 0. The number of fused-ring (bicyclic) bond motifs is 1. The van der Waals surface area contributed by atoms with Crippen LogP contribution < -0.4 is 0 Å². The van der Waals surface area contributed by atoms with Gasteiger partial charge in [-0.3, -0.25) is 0 Å². The van der Waals surface area contributed by atoms with Gasteiger partial charge in [0.05, 0.1) is 0 Å². The second-order valence-electron chi connectivity index (χ2n) is 6.26. The maximum absolute atomic E-state index is 6.34. The van der Waals surface area contributed by atoms with Crippen molar-refractivity contribution < 1.29 is 0 Å². The van der Waals surface area contributed by atoms with Crippen LogP contribution in [0.3, 0.4) is 0 Å². The van der Waals surface area contributed by atoms with Gasteiger partial charge in [-0.25, -0.2) is 0 Å². The van der Waals surface area contributed by atoms with Crippen LogP contribution >= 0.6 is 6.04 Å². The number of hydrogen-bond acceptors (Lipinski definition) is 1. The summed E-state index contributed by atoms with van der Waals surface area (Å²) < 4.78 is 0. The minimum atomic E-state index is -1.75. The average Bonchev–Trinajstić information content (AvgIpc) is 2.63. The Balaban J connectivity index is 1.85. The molecule has 0 nitrogen and oxygen atoms in total. The molecular formula is C22H19PS. The molecule has 2 atom stereocenters. The van der Waals surface area contributed by atoms with Crippen molar-refractivity contribution >= 4 is 23.9 Å². The third-order valence-corrected chi connectivity index (χ3v) is 8.97. The Kier molecular flexibility index (Phi) is 4.22. The van der Waals surface area contributed by atoms with Crippen LogP contribution in [0.15, 0.2) is 90.7 Å². The monoisotopic (exact) mass is 346 g/mol. The molecule has 2 heteroatoms. The molecule has 0 amide bonds. The molecule has 4 rings (SSSR count). The van der Waals surface area contributed by atoms with Crippen LogP contribution in [-0.2, 0) is 18.0 Å². The zero-order chi connectivity index (χ0) is 16.4. The Morgan fingerprint density at radius 3 is 2.12 bits per heavy atom. The van der Waals surface area contributed by atoms with Crippen LogP contribution in [0.2, 0.25) is 0 Å². The number of hydrogen-bond donors (Lipinski definition) is 0. The quantitative estimate of drug-likeness (QED) is 0.492. The first-order valence-corrected chi connectivity index (χ1v) is 11.3. The molecule has 118 valence electrons. The van der Waals surface area contributed by atoms with Gasteiger partial charge in [-0.2, -0.15) is 0 Å². The SMILES string of the molecule is S=P1(Cc2ccccc2)C=Cc2ccccc2C1c1ccccc1. The Labute approximate surface area is 148 Å². The fraction of sp³-hybridized carbons (Fsp3) is 0.0909. The molecule has 0 aromatic heterocycles. The molecule has 0 saturated heterocycles. The highest BCUT2D eigenvalue weighted by Gasteiger charge is 2.33. The molecule has 1 heterocycles. The van der Waals surface area contributed by atoms with E-state index < -0.39 is 6.04 Å². The van der Waals surface area contributed by atoms with Crippen molar-refractivity contribution in [3.63, 3.8) is 0 Å². The van der Waals surface area contributed by atoms with Crippen molar-refractivity contribution in [1.29, 1.82) is 0 Å². The molecule has 0 radical (unpaired) electrons. The van der Waals surface area contributed by atoms with Crippen LogP contribution in [-0.4, -0.2) is 0 Å². The van der Waals surface area contributed by atoms with Crippen molar-refractivity contribution in [1.82, 2.24) is 0 Å². The van der Waals surface area contributed by atoms with Crippen LogP contribution in [0.5, 0.6) is 0 Å². The Morgan fingerprint density at radius 1 is 0.750 bits per heavy atom. The number of rotatable bonds is 3. The van der Waals surface area contributed by atoms with Gasteiger partial charge < -0.3 is 0 Å². The zero-order valence-electron chi connectivity index (χ0n) is 13.4. The van der Waals surface area contributed by atoms with Gasteiger partial charge in [0, 0.05) is 11.8 Å². The third kappa shape index (κ3) is 2.90. The van der Waals surface area contributed by atoms with E-state index in [-0.39, 0.29) is 0 Å². The Bertz CT molecular complexity index is 913. The highest BCUT2D eigenvalue weighted by molar-refractivity contribution is 8.16. The first-order chi connectivity index (χ1) is 11.8. The smallest absolute Gasteiger partial charge is 0.0423 e. The minimum absolute atomic E-state index is 0.301. The van der Waals surface area contributed by atoms with E-state index in [0.717, 1.165) is 6.16 Å². The van der Waals surface area contributed by atoms with Crippen molar-refractivity contribution in [2.24, 2.45) is 0 Å². The fourth-order valence-electron chi connectivity index (χ4n) is 3.52. The molecule has 0 aliphatic carbocycles. The van der Waals surface area contributed by atoms with E-state index in [1.165, 1.54) is 22.3 Å². The van der Waals surface area contributed by atoms with Crippen LogP contribution in [0.25, 0.3) is 6.08 Å². The van der Waals surface area contributed by atoms with Crippen LogP contribution in [0, 0.1) is 0 Å². The topological polar surface area (TPSA) is 0 Å². The molecule has 0 fully saturated rings. The first-order valence-electron chi connectivity index (χ1n) is 8.22. The standard InChI is InChI=1S/C22H19PS/c24-23(17-18-9-3-1-4-10-18)16-15-19-11-7-8-14-21(19)22(23)20-12-5-2-6-13-20/h1-16,22H,17H2. The third-order valence-electron chi connectivity index (χ3n) is 4.62. The molecule has 1 aliphatic rings. The normalized spacial score (nSPS) is 22.1. The molecule has 0 N–H and O–H groups in total. The van der Waals surface area contributed by atoms with Crippen LogP contribution in [0.4, 0.5) is 0 Å². The van der Waals surface area contributed by atoms with E-state index >= 15 is 0 Å². The van der Waals surface area contributed by atoms with E-state index in [2.05, 4.69) is 96.8 Å². The molecule has 0 saturated carbocycles. The molecule has 1 aliphatic heterocycles. The summed E-state index contributed by atoms with van der Waals surface area (Å²) >= 11 is 6.34. The van der Waals surface area contributed by atoms with E-state index in [1.54, 1.807) is 0 Å². The fourth-order valence-corrected chi connectivity index (χ4v) is 7.89. The molecule has 3 aromatic rings. The van der Waals surface area contributed by atoms with Gasteiger partial charge >= 0.3 is 0 Å². The maximum Gasteiger partial charge on any atom is 0.0423 e. The van der Waals surface area contributed by atoms with Gasteiger partial charge in [-0.15, -0.1) is 0 Å². The lowest BCUT2D eigenvalue weighted by Crippen LogP contribution is -2.08. The van der Waals surface area contributed by atoms with Gasteiger partial charge in [0.15, 0.2) is 0 Å². The second-order valence-corrected chi connectivity index (χ2v) is 11.1. The van der Waals surface area contributed by atoms with Gasteiger partial charge in [-0.05, 0) is 34.1 Å². The lowest BCUT2D eigenvalue weighted by atomic mass is 9.99. The molecule has 0 spiro atoms. The van der Waals surface area contributed by atoms with Gasteiger partial charge in [0.1, 0.15) is 0 Å². The zero-order valence-corrected chi connectivity index (χ0v) is 15.1. The summed E-state index contributed by atoms with van der Waals surface area (Å²) in [5.41, 5.74) is 5.67. The first kappa shape index (κ1) is 15.6. The summed E-state index contributed by atoms with van der Waals surface area (Å²) in [6, 6.07) is 28.4. The summed E-state index contributed by atoms with van der Waals surface area (Å²) in [5.74, 6) is 2.34. The minimum Gasteiger partial charge on any atom is -0.0918 e. The van der Waals surface area contributed by atoms with E-state index in [9.17, 15) is 0 Å². The lowest BCUT2D eigenvalue weighted by molar-refractivity contribution is 1.11. The van der Waals surface area contributed by atoms with Gasteiger partial charge in [0.2, 0.25) is 0 Å². The highest BCUT2D eigenvalue weighted by Crippen LogP contribution is 2.68. The summed E-state index contributed by atoms with van der Waals surface area (Å²) in [6.07, 6.45) is 3.21. The molecule has 24 heavy (non-hydrogen) atoms. The highest BCUT2D eigenvalue weighted by atomic mass is 32.4. The predicted octanol–water partition coefficient (Wildman–Crippen LogP) is 6.44. The largest absolute Gasteiger partial charge is 0.0918 e. The van der Waals surface area contributed by atoms with Crippen molar-refractivity contribution in [2.45, 2.75) is 11.8 Å².